The number of fused-ring (bicyclic) bond motifs is 1. The minimum atomic E-state index is 0.429. The van der Waals surface area contributed by atoms with Gasteiger partial charge >= 0.3 is 0 Å². The summed E-state index contributed by atoms with van der Waals surface area (Å²) in [6.45, 7) is 10.8. The molecule has 3 aromatic heterocycles. The number of halogens is 1. The molecule has 0 spiro atoms. The van der Waals surface area contributed by atoms with Gasteiger partial charge in [0.1, 0.15) is 5.52 Å². The summed E-state index contributed by atoms with van der Waals surface area (Å²) in [5, 5.41) is 5.12. The molecule has 0 unspecified atom stereocenters. The summed E-state index contributed by atoms with van der Waals surface area (Å²) in [6.07, 6.45) is 10.9. The Kier molecular flexibility index (Phi) is 6.13. The lowest BCUT2D eigenvalue weighted by molar-refractivity contribution is 0.376. The molecular weight excluding hydrogens is 384 g/mol. The van der Waals surface area contributed by atoms with Gasteiger partial charge in [-0.15, -0.1) is 5.10 Å². The highest BCUT2D eigenvalue weighted by Crippen LogP contribution is 2.32. The molecule has 29 heavy (non-hydrogen) atoms. The predicted octanol–water partition coefficient (Wildman–Crippen LogP) is 5.13. The normalized spacial score (nSPS) is 13.0. The maximum atomic E-state index is 6.59. The molecule has 6 nitrogen and oxygen atoms in total. The number of aromatic nitrogens is 5. The van der Waals surface area contributed by atoms with Crippen LogP contribution in [-0.2, 0) is 7.05 Å². The third-order valence-corrected chi connectivity index (χ3v) is 5.70. The summed E-state index contributed by atoms with van der Waals surface area (Å²) in [5.41, 5.74) is 5.52. The van der Waals surface area contributed by atoms with Crippen LogP contribution in [0.5, 0.6) is 0 Å². The van der Waals surface area contributed by atoms with Gasteiger partial charge in [0.2, 0.25) is 5.82 Å². The largest absolute Gasteiger partial charge is 0.378 e. The first-order valence-electron chi connectivity index (χ1n) is 9.88. The van der Waals surface area contributed by atoms with E-state index in [1.165, 1.54) is 11.1 Å². The Labute approximate surface area is 177 Å². The number of hydrogen-bond donors (Lipinski definition) is 0. The smallest absolute Gasteiger partial charge is 0.217 e. The van der Waals surface area contributed by atoms with Crippen molar-refractivity contribution in [2.24, 2.45) is 7.05 Å². The molecule has 0 amide bonds. The Bertz CT molecular complexity index is 1090. The minimum absolute atomic E-state index is 0.429. The molecule has 3 heterocycles. The lowest BCUT2D eigenvalue weighted by Gasteiger charge is -2.19. The lowest BCUT2D eigenvalue weighted by atomic mass is 9.98. The molecule has 3 aromatic rings. The third-order valence-electron chi connectivity index (χ3n) is 5.43. The van der Waals surface area contributed by atoms with Crippen molar-refractivity contribution in [3.8, 4) is 11.6 Å². The summed E-state index contributed by atoms with van der Waals surface area (Å²) in [4.78, 5) is 11.0. The molecular formula is C22H29ClN6. The Morgan fingerprint density at radius 3 is 2.66 bits per heavy atom. The van der Waals surface area contributed by atoms with E-state index in [9.17, 15) is 0 Å². The molecule has 0 aliphatic rings. The van der Waals surface area contributed by atoms with Crippen LogP contribution in [0.15, 0.2) is 36.4 Å². The zero-order chi connectivity index (χ0) is 21.3. The van der Waals surface area contributed by atoms with Gasteiger partial charge in [-0.05, 0) is 57.5 Å². The molecule has 0 saturated carbocycles. The van der Waals surface area contributed by atoms with E-state index in [0.717, 1.165) is 23.1 Å². The van der Waals surface area contributed by atoms with Crippen molar-refractivity contribution in [2.45, 2.75) is 47.1 Å². The lowest BCUT2D eigenvalue weighted by Crippen LogP contribution is -2.19. The zero-order valence-corrected chi connectivity index (χ0v) is 19.0. The standard InChI is InChI=1S/C22H29ClN6/c1-8-15(4)17(9-11-27(6)14(2)3)18-13-29-19(16(18)5)20(23)25-21(26-29)22-24-10-12-28(22)7/h9-14H,8H2,1-7H3/b11-9-,17-15?. The van der Waals surface area contributed by atoms with E-state index in [0.29, 0.717) is 22.8 Å². The highest BCUT2D eigenvalue weighted by molar-refractivity contribution is 6.33. The van der Waals surface area contributed by atoms with Crippen LogP contribution in [0, 0.1) is 6.92 Å². The van der Waals surface area contributed by atoms with Crippen molar-refractivity contribution in [1.82, 2.24) is 29.0 Å². The van der Waals surface area contributed by atoms with Crippen LogP contribution in [0.4, 0.5) is 0 Å². The average Bonchev–Trinajstić information content (AvgIpc) is 3.25. The first kappa shape index (κ1) is 21.1. The van der Waals surface area contributed by atoms with Gasteiger partial charge in [-0.2, -0.15) is 0 Å². The molecule has 0 aromatic carbocycles. The van der Waals surface area contributed by atoms with Crippen molar-refractivity contribution in [3.05, 3.63) is 52.7 Å². The fraction of sp³-hybridized carbons (Fsp3) is 0.409. The quantitative estimate of drug-likeness (QED) is 0.526. The molecule has 7 heteroatoms. The van der Waals surface area contributed by atoms with E-state index in [1.807, 2.05) is 28.5 Å². The average molecular weight is 413 g/mol. The van der Waals surface area contributed by atoms with Crippen LogP contribution in [0.25, 0.3) is 22.7 Å². The molecule has 0 bridgehead atoms. The fourth-order valence-corrected chi connectivity index (χ4v) is 3.45. The second-order valence-electron chi connectivity index (χ2n) is 7.67. The molecule has 0 N–H and O–H groups in total. The predicted molar refractivity (Wildman–Crippen MR) is 120 cm³/mol. The van der Waals surface area contributed by atoms with E-state index >= 15 is 0 Å². The van der Waals surface area contributed by atoms with Crippen LogP contribution >= 0.6 is 11.6 Å². The summed E-state index contributed by atoms with van der Waals surface area (Å²) < 4.78 is 3.71. The first-order valence-corrected chi connectivity index (χ1v) is 10.3. The summed E-state index contributed by atoms with van der Waals surface area (Å²) in [5.74, 6) is 1.19. The Hall–Kier alpha value is -2.60. The maximum absolute atomic E-state index is 6.59. The van der Waals surface area contributed by atoms with Gasteiger partial charge in [-0.1, -0.05) is 24.1 Å². The number of nitrogens with zero attached hydrogens (tertiary/aromatic N) is 6. The van der Waals surface area contributed by atoms with Crippen LogP contribution in [0.3, 0.4) is 0 Å². The number of allylic oxidation sites excluding steroid dienone is 3. The van der Waals surface area contributed by atoms with E-state index in [2.05, 4.69) is 68.8 Å². The Morgan fingerprint density at radius 1 is 1.34 bits per heavy atom. The van der Waals surface area contributed by atoms with Crippen molar-refractivity contribution < 1.29 is 0 Å². The highest BCUT2D eigenvalue weighted by atomic mass is 35.5. The van der Waals surface area contributed by atoms with Crippen LogP contribution in [0.2, 0.25) is 5.15 Å². The first-order chi connectivity index (χ1) is 13.7. The number of aryl methyl sites for hydroxylation is 2. The molecule has 0 fully saturated rings. The van der Waals surface area contributed by atoms with Gasteiger partial charge in [0.15, 0.2) is 11.0 Å². The molecule has 0 aliphatic carbocycles. The van der Waals surface area contributed by atoms with Crippen LogP contribution < -0.4 is 0 Å². The Balaban J connectivity index is 2.17. The van der Waals surface area contributed by atoms with E-state index < -0.39 is 0 Å². The van der Waals surface area contributed by atoms with Crippen LogP contribution in [0.1, 0.15) is 45.2 Å². The summed E-state index contributed by atoms with van der Waals surface area (Å²) >= 11 is 6.59. The number of rotatable bonds is 6. The summed E-state index contributed by atoms with van der Waals surface area (Å²) in [7, 11) is 4.00. The molecule has 0 atom stereocenters. The fourth-order valence-electron chi connectivity index (χ4n) is 3.15. The molecule has 0 radical (unpaired) electrons. The van der Waals surface area contributed by atoms with Crippen LogP contribution in [-0.4, -0.2) is 42.1 Å². The Morgan fingerprint density at radius 2 is 2.07 bits per heavy atom. The van der Waals surface area contributed by atoms with E-state index in [4.69, 9.17) is 16.7 Å². The second kappa shape index (κ2) is 8.41. The SMILES string of the molecule is CCC(C)=C(/C=C\N(C)C(C)C)c1cn2nc(-c3nccn3C)nc(Cl)c2c1C. The number of hydrogen-bond acceptors (Lipinski definition) is 4. The molecule has 0 aliphatic heterocycles. The van der Waals surface area contributed by atoms with Gasteiger partial charge in [-0.3, -0.25) is 0 Å². The van der Waals surface area contributed by atoms with Crippen molar-refractivity contribution >= 4 is 22.7 Å². The van der Waals surface area contributed by atoms with Gasteiger partial charge in [0.05, 0.1) is 0 Å². The molecule has 0 saturated heterocycles. The topological polar surface area (TPSA) is 51.2 Å². The van der Waals surface area contributed by atoms with Crippen molar-refractivity contribution in [3.63, 3.8) is 0 Å². The summed E-state index contributed by atoms with van der Waals surface area (Å²) in [6, 6.07) is 0.435. The third kappa shape index (κ3) is 4.08. The van der Waals surface area contributed by atoms with Gasteiger partial charge in [0, 0.05) is 44.3 Å². The van der Waals surface area contributed by atoms with E-state index in [1.54, 1.807) is 6.20 Å². The molecule has 3 rings (SSSR count). The van der Waals surface area contributed by atoms with Gasteiger partial charge in [-0.25, -0.2) is 14.5 Å². The zero-order valence-electron chi connectivity index (χ0n) is 18.2. The van der Waals surface area contributed by atoms with Crippen molar-refractivity contribution in [1.29, 1.82) is 0 Å². The number of imidazole rings is 1. The second-order valence-corrected chi connectivity index (χ2v) is 8.03. The maximum Gasteiger partial charge on any atom is 0.217 e. The highest BCUT2D eigenvalue weighted by Gasteiger charge is 2.18. The minimum Gasteiger partial charge on any atom is -0.378 e. The van der Waals surface area contributed by atoms with E-state index in [-0.39, 0.29) is 0 Å². The van der Waals surface area contributed by atoms with Gasteiger partial charge in [0.25, 0.3) is 0 Å². The van der Waals surface area contributed by atoms with Gasteiger partial charge < -0.3 is 9.47 Å². The monoisotopic (exact) mass is 412 g/mol. The molecule has 154 valence electrons. The van der Waals surface area contributed by atoms with Crippen molar-refractivity contribution in [2.75, 3.05) is 7.05 Å².